The van der Waals surface area contributed by atoms with E-state index in [1.165, 1.54) is 11.3 Å². The molecule has 5 rings (SSSR count). The Morgan fingerprint density at radius 1 is 1.14 bits per heavy atom. The van der Waals surface area contributed by atoms with Crippen LogP contribution in [0.1, 0.15) is 31.0 Å². The maximum Gasteiger partial charge on any atom is 0.338 e. The smallest absolute Gasteiger partial charge is 0.338 e. The Labute approximate surface area is 222 Å². The van der Waals surface area contributed by atoms with E-state index in [1.807, 2.05) is 73.0 Å². The minimum Gasteiger partial charge on any atom is -0.496 e. The minimum absolute atomic E-state index is 0.216. The van der Waals surface area contributed by atoms with Crippen LogP contribution in [-0.2, 0) is 9.53 Å². The first-order valence-electron chi connectivity index (χ1n) is 11.9. The second-order valence-corrected chi connectivity index (χ2v) is 10.4. The van der Waals surface area contributed by atoms with Crippen LogP contribution in [0.2, 0.25) is 0 Å². The van der Waals surface area contributed by atoms with Crippen LogP contribution in [0.4, 0.5) is 0 Å². The van der Waals surface area contributed by atoms with Crippen LogP contribution < -0.4 is 19.6 Å². The van der Waals surface area contributed by atoms with Gasteiger partial charge in [-0.15, -0.1) is 11.8 Å². The molecule has 0 aliphatic carbocycles. The zero-order chi connectivity index (χ0) is 26.1. The second-order valence-electron chi connectivity index (χ2n) is 8.48. The fraction of sp³-hybridized carbons (Fsp3) is 0.207. The first-order valence-corrected chi connectivity index (χ1v) is 13.9. The van der Waals surface area contributed by atoms with Crippen LogP contribution in [0.15, 0.2) is 86.6 Å². The van der Waals surface area contributed by atoms with Crippen molar-refractivity contribution in [3.8, 4) is 5.75 Å². The van der Waals surface area contributed by atoms with Gasteiger partial charge in [0.2, 0.25) is 0 Å². The molecule has 6 nitrogen and oxygen atoms in total. The predicted molar refractivity (Wildman–Crippen MR) is 149 cm³/mol. The predicted octanol–water partition coefficient (Wildman–Crippen LogP) is 4.68. The van der Waals surface area contributed by atoms with Crippen molar-refractivity contribution in [2.45, 2.75) is 24.8 Å². The summed E-state index contributed by atoms with van der Waals surface area (Å²) in [6.45, 7) is 3.79. The molecule has 2 heterocycles. The third-order valence-electron chi connectivity index (χ3n) is 6.37. The van der Waals surface area contributed by atoms with Gasteiger partial charge in [0.25, 0.3) is 5.56 Å². The summed E-state index contributed by atoms with van der Waals surface area (Å²) in [5, 5.41) is 2.04. The summed E-state index contributed by atoms with van der Waals surface area (Å²) < 4.78 is 13.2. The molecule has 37 heavy (non-hydrogen) atoms. The first-order chi connectivity index (χ1) is 18.0. The van der Waals surface area contributed by atoms with Crippen LogP contribution >= 0.6 is 23.1 Å². The van der Waals surface area contributed by atoms with Crippen molar-refractivity contribution in [3.05, 3.63) is 103 Å². The van der Waals surface area contributed by atoms with Crippen molar-refractivity contribution in [3.63, 3.8) is 0 Å². The van der Waals surface area contributed by atoms with E-state index in [0.29, 0.717) is 26.4 Å². The van der Waals surface area contributed by atoms with Gasteiger partial charge in [0.1, 0.15) is 5.75 Å². The van der Waals surface area contributed by atoms with Gasteiger partial charge >= 0.3 is 5.97 Å². The number of carbonyl (C=O) groups is 1. The van der Waals surface area contributed by atoms with Gasteiger partial charge < -0.3 is 9.47 Å². The van der Waals surface area contributed by atoms with Crippen molar-refractivity contribution in [2.75, 3.05) is 20.0 Å². The number of carbonyl (C=O) groups excluding carboxylic acids is 1. The molecule has 0 saturated heterocycles. The highest BCUT2D eigenvalue weighted by Crippen LogP contribution is 2.32. The number of thioether (sulfide) groups is 1. The number of esters is 1. The number of hydrogen-bond donors (Lipinski definition) is 0. The molecule has 1 aromatic heterocycles. The summed E-state index contributed by atoms with van der Waals surface area (Å²) >= 11 is 2.94. The lowest BCUT2D eigenvalue weighted by Gasteiger charge is -2.24. The Balaban J connectivity index is 1.77. The zero-order valence-electron chi connectivity index (χ0n) is 21.0. The van der Waals surface area contributed by atoms with Crippen LogP contribution in [0.25, 0.3) is 16.8 Å². The molecule has 4 aromatic rings. The molecule has 3 aromatic carbocycles. The van der Waals surface area contributed by atoms with Gasteiger partial charge in [0, 0.05) is 10.5 Å². The molecule has 0 radical (unpaired) electrons. The lowest BCUT2D eigenvalue weighted by Crippen LogP contribution is -2.39. The summed E-state index contributed by atoms with van der Waals surface area (Å²) in [7, 11) is 1.62. The summed E-state index contributed by atoms with van der Waals surface area (Å²) in [6, 6.07) is 19.2. The summed E-state index contributed by atoms with van der Waals surface area (Å²) in [5.74, 6) is 0.213. The average Bonchev–Trinajstić information content (AvgIpc) is 3.22. The minimum atomic E-state index is -0.636. The number of fused-ring (bicyclic) bond motifs is 2. The number of methoxy groups -OCH3 is 1. The molecule has 1 aliphatic rings. The topological polar surface area (TPSA) is 69.9 Å². The number of nitrogens with zero attached hydrogens (tertiary/aromatic N) is 2. The van der Waals surface area contributed by atoms with Crippen molar-refractivity contribution in [1.29, 1.82) is 0 Å². The molecule has 0 amide bonds. The van der Waals surface area contributed by atoms with E-state index in [9.17, 15) is 9.59 Å². The largest absolute Gasteiger partial charge is 0.496 e. The van der Waals surface area contributed by atoms with Crippen molar-refractivity contribution in [1.82, 2.24) is 4.57 Å². The van der Waals surface area contributed by atoms with Crippen LogP contribution in [0.3, 0.4) is 0 Å². The van der Waals surface area contributed by atoms with Crippen LogP contribution in [0.5, 0.6) is 5.75 Å². The third kappa shape index (κ3) is 4.51. The number of allylic oxidation sites excluding steroid dienone is 1. The maximum absolute atomic E-state index is 14.0. The fourth-order valence-corrected chi connectivity index (χ4v) is 6.06. The Bertz CT molecular complexity index is 1720. The quantitative estimate of drug-likeness (QED) is 0.267. The highest BCUT2D eigenvalue weighted by Gasteiger charge is 2.33. The first kappa shape index (κ1) is 25.0. The van der Waals surface area contributed by atoms with E-state index < -0.39 is 12.0 Å². The number of thiazole rings is 1. The zero-order valence-corrected chi connectivity index (χ0v) is 22.6. The van der Waals surface area contributed by atoms with Crippen molar-refractivity contribution >= 4 is 45.9 Å². The number of rotatable bonds is 6. The SMILES string of the molecule is CCOC(=O)C1=C(C)N=c2s/c(=C\c3c(OC)ccc4ccccc34)c(=O)n2[C@@H]1c1ccc(SC)cc1. The Kier molecular flexibility index (Phi) is 7.04. The van der Waals surface area contributed by atoms with Gasteiger partial charge in [-0.2, -0.15) is 0 Å². The number of hydrogen-bond acceptors (Lipinski definition) is 7. The Morgan fingerprint density at radius 3 is 2.59 bits per heavy atom. The monoisotopic (exact) mass is 530 g/mol. The van der Waals surface area contributed by atoms with Gasteiger partial charge in [-0.3, -0.25) is 9.36 Å². The molecule has 8 heteroatoms. The molecule has 0 spiro atoms. The molecule has 1 atom stereocenters. The lowest BCUT2D eigenvalue weighted by molar-refractivity contribution is -0.139. The van der Waals surface area contributed by atoms with E-state index in [0.717, 1.165) is 26.8 Å². The van der Waals surface area contributed by atoms with Crippen molar-refractivity contribution < 1.29 is 14.3 Å². The van der Waals surface area contributed by atoms with E-state index >= 15 is 0 Å². The van der Waals surface area contributed by atoms with Gasteiger partial charge in [0.15, 0.2) is 4.80 Å². The third-order valence-corrected chi connectivity index (χ3v) is 8.10. The van der Waals surface area contributed by atoms with Gasteiger partial charge in [-0.05, 0) is 60.7 Å². The standard InChI is InChI=1S/C29H26N2O4S2/c1-5-35-28(33)25-17(2)30-29-31(26(25)19-10-13-20(36-4)14-11-19)27(32)24(37-29)16-22-21-9-7-6-8-18(21)12-15-23(22)34-3/h6-16,26H,5H2,1-4H3/b24-16-/t26-/m1/s1. The van der Waals surface area contributed by atoms with E-state index in [4.69, 9.17) is 9.47 Å². The van der Waals surface area contributed by atoms with E-state index in [1.54, 1.807) is 37.3 Å². The highest BCUT2D eigenvalue weighted by molar-refractivity contribution is 7.98. The second kappa shape index (κ2) is 10.4. The van der Waals surface area contributed by atoms with Gasteiger partial charge in [-0.25, -0.2) is 9.79 Å². The molecule has 188 valence electrons. The van der Waals surface area contributed by atoms with Gasteiger partial charge in [0.05, 0.1) is 35.6 Å². The molecule has 0 N–H and O–H groups in total. The normalized spacial score (nSPS) is 15.5. The van der Waals surface area contributed by atoms with Crippen LogP contribution in [-0.4, -0.2) is 30.5 Å². The van der Waals surface area contributed by atoms with Gasteiger partial charge in [-0.1, -0.05) is 53.8 Å². The van der Waals surface area contributed by atoms with Crippen molar-refractivity contribution in [2.24, 2.45) is 4.99 Å². The number of benzene rings is 3. The molecule has 0 fully saturated rings. The molecular formula is C29H26N2O4S2. The molecular weight excluding hydrogens is 504 g/mol. The van der Waals surface area contributed by atoms with E-state index in [-0.39, 0.29) is 12.2 Å². The number of ether oxygens (including phenoxy) is 2. The lowest BCUT2D eigenvalue weighted by atomic mass is 9.96. The Morgan fingerprint density at radius 2 is 1.89 bits per heavy atom. The maximum atomic E-state index is 14.0. The fourth-order valence-electron chi connectivity index (χ4n) is 4.63. The molecule has 0 unspecified atom stereocenters. The summed E-state index contributed by atoms with van der Waals surface area (Å²) in [6.07, 6.45) is 3.87. The molecule has 0 bridgehead atoms. The average molecular weight is 531 g/mol. The molecule has 1 aliphatic heterocycles. The highest BCUT2D eigenvalue weighted by atomic mass is 32.2. The molecule has 0 saturated carbocycles. The van der Waals surface area contributed by atoms with Crippen LogP contribution in [0, 0.1) is 0 Å². The summed E-state index contributed by atoms with van der Waals surface area (Å²) in [4.78, 5) is 33.3. The number of aromatic nitrogens is 1. The van der Waals surface area contributed by atoms with E-state index in [2.05, 4.69) is 4.99 Å². The summed E-state index contributed by atoms with van der Waals surface area (Å²) in [5.41, 5.74) is 2.36. The Hall–Kier alpha value is -3.62.